The van der Waals surface area contributed by atoms with Gasteiger partial charge in [0.15, 0.2) is 0 Å². The van der Waals surface area contributed by atoms with Gasteiger partial charge < -0.3 is 9.84 Å². The van der Waals surface area contributed by atoms with Crippen molar-refractivity contribution in [2.45, 2.75) is 0 Å². The smallest absolute Gasteiger partial charge is 0.119 e. The molecule has 1 aromatic rings. The highest BCUT2D eigenvalue weighted by Crippen LogP contribution is 2.14. The Morgan fingerprint density at radius 1 is 1.56 bits per heavy atom. The van der Waals surface area contributed by atoms with E-state index in [0.29, 0.717) is 5.75 Å². The quantitative estimate of drug-likeness (QED) is 0.616. The van der Waals surface area contributed by atoms with Crippen LogP contribution < -0.4 is 4.74 Å². The van der Waals surface area contributed by atoms with Gasteiger partial charge in [-0.2, -0.15) is 0 Å². The molecule has 9 heavy (non-hydrogen) atoms. The summed E-state index contributed by atoms with van der Waals surface area (Å²) in [7, 11) is 1.42. The van der Waals surface area contributed by atoms with Crippen molar-refractivity contribution in [3.8, 4) is 11.5 Å². The molecule has 0 spiro atoms. The lowest BCUT2D eigenvalue weighted by molar-refractivity contribution is 0.412. The Kier molecular flexibility index (Phi) is 1.00. The van der Waals surface area contributed by atoms with Crippen molar-refractivity contribution in [3.05, 3.63) is 24.2 Å². The number of hydrogen-bond donors (Lipinski definition) is 1. The van der Waals surface area contributed by atoms with Crippen LogP contribution in [0.25, 0.3) is 0 Å². The summed E-state index contributed by atoms with van der Waals surface area (Å²) in [6.07, 6.45) is 0. The van der Waals surface area contributed by atoms with Gasteiger partial charge in [0.1, 0.15) is 11.5 Å². The molecule has 2 nitrogen and oxygen atoms in total. The number of benzene rings is 1. The molecule has 0 unspecified atom stereocenters. The first kappa shape index (κ1) is 3.77. The number of methoxy groups -OCH3 is 1. The summed E-state index contributed by atoms with van der Waals surface area (Å²) in [5.41, 5.74) is 0. The molecule has 0 aromatic heterocycles. The highest BCUT2D eigenvalue weighted by molar-refractivity contribution is 5.29. The molecule has 0 amide bonds. The van der Waals surface area contributed by atoms with Crippen molar-refractivity contribution in [3.63, 3.8) is 0 Å². The molecule has 2 heteroatoms. The highest BCUT2D eigenvalue weighted by atomic mass is 16.5. The highest BCUT2D eigenvalue weighted by Gasteiger charge is 1.87. The van der Waals surface area contributed by atoms with Crippen LogP contribution >= 0.6 is 0 Å². The SMILES string of the molecule is [2H]c1c(O)ccc(OC)c1[2H]. The third-order valence-corrected chi connectivity index (χ3v) is 0.926. The molecule has 1 aromatic carbocycles. The predicted molar refractivity (Wildman–Crippen MR) is 34.7 cm³/mol. The van der Waals surface area contributed by atoms with Crippen molar-refractivity contribution in [2.75, 3.05) is 7.11 Å². The number of phenols is 1. The van der Waals surface area contributed by atoms with Crippen molar-refractivity contribution < 1.29 is 12.6 Å². The van der Waals surface area contributed by atoms with E-state index in [1.807, 2.05) is 0 Å². The average Bonchev–Trinajstić information content (AvgIpc) is 2.01. The Labute approximate surface area is 56.5 Å². The predicted octanol–water partition coefficient (Wildman–Crippen LogP) is 1.40. The van der Waals surface area contributed by atoms with Crippen LogP contribution in [0.3, 0.4) is 0 Å². The molecule has 0 aliphatic carbocycles. The minimum absolute atomic E-state index is 0.0903. The number of phenolic OH excluding ortho intramolecular Hbond substituents is 1. The maximum Gasteiger partial charge on any atom is 0.119 e. The zero-order valence-electron chi connectivity index (χ0n) is 7.01. The minimum Gasteiger partial charge on any atom is -0.508 e. The van der Waals surface area contributed by atoms with Crippen LogP contribution in [0.1, 0.15) is 2.74 Å². The number of rotatable bonds is 1. The zero-order chi connectivity index (χ0) is 8.43. The molecular formula is C7H8O2. The van der Waals surface area contributed by atoms with E-state index < -0.39 is 0 Å². The minimum atomic E-state index is -0.204. The van der Waals surface area contributed by atoms with Crippen LogP contribution in [0.2, 0.25) is 0 Å². The van der Waals surface area contributed by atoms with Gasteiger partial charge in [0.05, 0.1) is 9.85 Å². The van der Waals surface area contributed by atoms with Crippen molar-refractivity contribution in [1.29, 1.82) is 0 Å². The lowest BCUT2D eigenvalue weighted by Gasteiger charge is -1.96. The molecule has 0 saturated carbocycles. The maximum absolute atomic E-state index is 8.96. The van der Waals surface area contributed by atoms with E-state index in [4.69, 9.17) is 12.6 Å². The van der Waals surface area contributed by atoms with E-state index in [0.717, 1.165) is 0 Å². The second-order valence-electron chi connectivity index (χ2n) is 1.54. The van der Waals surface area contributed by atoms with Gasteiger partial charge in [-0.15, -0.1) is 0 Å². The third kappa shape index (κ3) is 1.35. The number of hydrogen-bond acceptors (Lipinski definition) is 2. The van der Waals surface area contributed by atoms with Gasteiger partial charge in [-0.1, -0.05) is 0 Å². The van der Waals surface area contributed by atoms with Gasteiger partial charge in [-0.05, 0) is 24.2 Å². The molecule has 48 valence electrons. The first-order chi connectivity index (χ1) is 5.16. The first-order valence-electron chi connectivity index (χ1n) is 3.50. The second kappa shape index (κ2) is 2.40. The Morgan fingerprint density at radius 2 is 2.33 bits per heavy atom. The number of aromatic hydroxyl groups is 1. The van der Waals surface area contributed by atoms with Crippen LogP contribution in [0.5, 0.6) is 11.5 Å². The van der Waals surface area contributed by atoms with Crippen LogP contribution in [-0.4, -0.2) is 12.2 Å². The van der Waals surface area contributed by atoms with Crippen LogP contribution in [-0.2, 0) is 0 Å². The number of ether oxygens (including phenoxy) is 1. The first-order valence-corrected chi connectivity index (χ1v) is 2.50. The summed E-state index contributed by atoms with van der Waals surface area (Å²) in [6, 6.07) is 2.49. The summed E-state index contributed by atoms with van der Waals surface area (Å²) < 4.78 is 19.2. The fourth-order valence-corrected chi connectivity index (χ4v) is 0.483. The lowest BCUT2D eigenvalue weighted by Crippen LogP contribution is -1.79. The van der Waals surface area contributed by atoms with E-state index in [9.17, 15) is 0 Å². The van der Waals surface area contributed by atoms with Gasteiger partial charge in [-0.25, -0.2) is 0 Å². The summed E-state index contributed by atoms with van der Waals surface area (Å²) in [5.74, 6) is 0.101. The monoisotopic (exact) mass is 126 g/mol. The van der Waals surface area contributed by atoms with Crippen molar-refractivity contribution >= 4 is 0 Å². The van der Waals surface area contributed by atoms with Crippen LogP contribution in [0.15, 0.2) is 24.2 Å². The molecule has 1 N–H and O–H groups in total. The molecule has 0 heterocycles. The summed E-state index contributed by atoms with van der Waals surface area (Å²) in [5, 5.41) is 8.96. The largest absolute Gasteiger partial charge is 0.508 e. The molecular weight excluding hydrogens is 116 g/mol. The Balaban J connectivity index is 3.25. The zero-order valence-corrected chi connectivity index (χ0v) is 5.01. The Morgan fingerprint density at radius 3 is 3.00 bits per heavy atom. The second-order valence-corrected chi connectivity index (χ2v) is 1.54. The van der Waals surface area contributed by atoms with E-state index >= 15 is 0 Å². The molecule has 0 fully saturated rings. The molecule has 0 radical (unpaired) electrons. The summed E-state index contributed by atoms with van der Waals surface area (Å²) >= 11 is 0. The summed E-state index contributed by atoms with van der Waals surface area (Å²) in [4.78, 5) is 0. The fraction of sp³-hybridized carbons (Fsp3) is 0.143. The van der Waals surface area contributed by atoms with Gasteiger partial charge in [-0.3, -0.25) is 0 Å². The molecule has 1 rings (SSSR count). The molecule has 0 saturated heterocycles. The molecule has 0 bridgehead atoms. The van der Waals surface area contributed by atoms with Gasteiger partial charge in [0.25, 0.3) is 0 Å². The third-order valence-electron chi connectivity index (χ3n) is 0.926. The van der Waals surface area contributed by atoms with E-state index in [1.54, 1.807) is 0 Å². The van der Waals surface area contributed by atoms with Crippen LogP contribution in [0, 0.1) is 0 Å². The maximum atomic E-state index is 8.96. The van der Waals surface area contributed by atoms with E-state index in [1.165, 1.54) is 19.2 Å². The van der Waals surface area contributed by atoms with Crippen LogP contribution in [0.4, 0.5) is 0 Å². The van der Waals surface area contributed by atoms with Gasteiger partial charge in [0, 0.05) is 0 Å². The van der Waals surface area contributed by atoms with Gasteiger partial charge in [0.2, 0.25) is 0 Å². The molecule has 0 aliphatic rings. The van der Waals surface area contributed by atoms with E-state index in [2.05, 4.69) is 0 Å². The normalized spacial score (nSPS) is 12.1. The Hall–Kier alpha value is -1.18. The topological polar surface area (TPSA) is 29.5 Å². The lowest BCUT2D eigenvalue weighted by atomic mass is 10.3. The fourth-order valence-electron chi connectivity index (χ4n) is 0.483. The molecule has 0 aliphatic heterocycles. The van der Waals surface area contributed by atoms with Crippen molar-refractivity contribution in [1.82, 2.24) is 0 Å². The van der Waals surface area contributed by atoms with Crippen molar-refractivity contribution in [2.24, 2.45) is 0 Å². The summed E-state index contributed by atoms with van der Waals surface area (Å²) in [6.45, 7) is 0. The van der Waals surface area contributed by atoms with E-state index in [-0.39, 0.29) is 17.8 Å². The molecule has 0 atom stereocenters. The standard InChI is InChI=1S/C7H8O2/c1-9-7-4-2-6(8)3-5-7/h2-5,8H,1H3/i2D,4D. The average molecular weight is 126 g/mol. The van der Waals surface area contributed by atoms with Gasteiger partial charge >= 0.3 is 0 Å². The Bertz CT molecular complexity index is 273.